The van der Waals surface area contributed by atoms with E-state index in [1.807, 2.05) is 12.2 Å². The van der Waals surface area contributed by atoms with E-state index in [9.17, 15) is 0 Å². The smallest absolute Gasteiger partial charge is 0.0136 e. The first kappa shape index (κ1) is 14.4. The van der Waals surface area contributed by atoms with Crippen LogP contribution in [0.5, 0.6) is 0 Å². The third-order valence-electron chi connectivity index (χ3n) is 2.62. The fraction of sp³-hybridized carbons (Fsp3) is 0.714. The highest BCUT2D eigenvalue weighted by Crippen LogP contribution is 2.03. The van der Waals surface area contributed by atoms with Crippen LogP contribution in [0.3, 0.4) is 0 Å². The third kappa shape index (κ3) is 9.74. The number of hydrogen-bond donors (Lipinski definition) is 1. The van der Waals surface area contributed by atoms with Crippen LogP contribution < -0.4 is 5.32 Å². The molecule has 0 aromatic heterocycles. The van der Waals surface area contributed by atoms with Crippen molar-refractivity contribution in [3.05, 3.63) is 25.3 Å². The van der Waals surface area contributed by atoms with Crippen molar-refractivity contribution in [1.29, 1.82) is 0 Å². The second kappa shape index (κ2) is 11.5. The molecule has 1 nitrogen and oxygen atoms in total. The highest BCUT2D eigenvalue weighted by atomic mass is 14.9. The maximum absolute atomic E-state index is 3.78. The Morgan fingerprint density at radius 1 is 1.00 bits per heavy atom. The molecular formula is C14H27N. The zero-order valence-corrected chi connectivity index (χ0v) is 10.3. The van der Waals surface area contributed by atoms with Crippen LogP contribution in [0, 0.1) is 0 Å². The van der Waals surface area contributed by atoms with Gasteiger partial charge in [0.1, 0.15) is 0 Å². The fourth-order valence-corrected chi connectivity index (χ4v) is 1.70. The van der Waals surface area contributed by atoms with Crippen molar-refractivity contribution in [2.75, 3.05) is 6.54 Å². The molecule has 0 aromatic carbocycles. The van der Waals surface area contributed by atoms with E-state index in [0.29, 0.717) is 6.04 Å². The molecule has 0 unspecified atom stereocenters. The van der Waals surface area contributed by atoms with Crippen molar-refractivity contribution in [3.8, 4) is 0 Å². The Bertz CT molecular complexity index is 141. The van der Waals surface area contributed by atoms with Crippen LogP contribution in [0.25, 0.3) is 0 Å². The summed E-state index contributed by atoms with van der Waals surface area (Å²) in [4.78, 5) is 0. The van der Waals surface area contributed by atoms with E-state index >= 15 is 0 Å². The second-order valence-electron chi connectivity index (χ2n) is 4.11. The van der Waals surface area contributed by atoms with E-state index in [1.165, 1.54) is 32.1 Å². The average Bonchev–Trinajstić information content (AvgIpc) is 2.24. The topological polar surface area (TPSA) is 12.0 Å². The van der Waals surface area contributed by atoms with Crippen LogP contribution in [0.1, 0.15) is 51.9 Å². The largest absolute Gasteiger partial charge is 0.313 e. The SMILES string of the molecule is C=CCC(CC=C)NCCCCCCC. The maximum Gasteiger partial charge on any atom is 0.0136 e. The molecule has 15 heavy (non-hydrogen) atoms. The van der Waals surface area contributed by atoms with Crippen molar-refractivity contribution in [1.82, 2.24) is 5.32 Å². The van der Waals surface area contributed by atoms with E-state index in [2.05, 4.69) is 25.4 Å². The molecule has 0 amide bonds. The molecular weight excluding hydrogens is 182 g/mol. The highest BCUT2D eigenvalue weighted by Gasteiger charge is 2.02. The average molecular weight is 209 g/mol. The summed E-state index contributed by atoms with van der Waals surface area (Å²) < 4.78 is 0. The molecule has 1 heteroatoms. The lowest BCUT2D eigenvalue weighted by molar-refractivity contribution is 0.496. The molecule has 0 heterocycles. The number of rotatable bonds is 11. The monoisotopic (exact) mass is 209 g/mol. The van der Waals surface area contributed by atoms with Crippen molar-refractivity contribution in [2.24, 2.45) is 0 Å². The predicted octanol–water partition coefficient (Wildman–Crippen LogP) is 4.07. The minimum atomic E-state index is 0.547. The molecule has 0 saturated carbocycles. The third-order valence-corrected chi connectivity index (χ3v) is 2.62. The maximum atomic E-state index is 3.78. The van der Waals surface area contributed by atoms with Gasteiger partial charge in [-0.3, -0.25) is 0 Å². The summed E-state index contributed by atoms with van der Waals surface area (Å²) in [6, 6.07) is 0.547. The summed E-state index contributed by atoms with van der Waals surface area (Å²) >= 11 is 0. The van der Waals surface area contributed by atoms with Gasteiger partial charge in [0.15, 0.2) is 0 Å². The number of nitrogens with one attached hydrogen (secondary N) is 1. The van der Waals surface area contributed by atoms with Gasteiger partial charge in [-0.25, -0.2) is 0 Å². The number of hydrogen-bond acceptors (Lipinski definition) is 1. The summed E-state index contributed by atoms with van der Waals surface area (Å²) in [7, 11) is 0. The molecule has 0 spiro atoms. The van der Waals surface area contributed by atoms with Gasteiger partial charge < -0.3 is 5.32 Å². The molecule has 0 aliphatic carbocycles. The standard InChI is InChI=1S/C14H27N/c1-4-7-8-9-10-13-15-14(11-5-2)12-6-3/h5-6,14-15H,2-4,7-13H2,1H3. The Balaban J connectivity index is 3.35. The molecule has 0 radical (unpaired) electrons. The zero-order chi connectivity index (χ0) is 11.4. The van der Waals surface area contributed by atoms with E-state index in [4.69, 9.17) is 0 Å². The Kier molecular flexibility index (Phi) is 11.1. The molecule has 0 atom stereocenters. The quantitative estimate of drug-likeness (QED) is 0.399. The van der Waals surface area contributed by atoms with Gasteiger partial charge in [-0.1, -0.05) is 44.8 Å². The summed E-state index contributed by atoms with van der Waals surface area (Å²) in [6.07, 6.45) is 12.8. The summed E-state index contributed by atoms with van der Waals surface area (Å²) in [5, 5.41) is 3.56. The van der Waals surface area contributed by atoms with Gasteiger partial charge in [-0.05, 0) is 25.8 Å². The van der Waals surface area contributed by atoms with Crippen LogP contribution in [0.2, 0.25) is 0 Å². The van der Waals surface area contributed by atoms with Gasteiger partial charge in [0.05, 0.1) is 0 Å². The van der Waals surface area contributed by atoms with E-state index in [0.717, 1.165) is 19.4 Å². The van der Waals surface area contributed by atoms with Gasteiger partial charge in [-0.15, -0.1) is 13.2 Å². The normalized spacial score (nSPS) is 10.5. The molecule has 0 bridgehead atoms. The van der Waals surface area contributed by atoms with E-state index in [-0.39, 0.29) is 0 Å². The molecule has 0 aliphatic rings. The fourth-order valence-electron chi connectivity index (χ4n) is 1.70. The molecule has 88 valence electrons. The van der Waals surface area contributed by atoms with Crippen LogP contribution in [-0.4, -0.2) is 12.6 Å². The zero-order valence-electron chi connectivity index (χ0n) is 10.3. The Labute approximate surface area is 95.7 Å². The Morgan fingerprint density at radius 3 is 2.13 bits per heavy atom. The first-order chi connectivity index (χ1) is 7.35. The minimum absolute atomic E-state index is 0.547. The van der Waals surface area contributed by atoms with Crippen molar-refractivity contribution in [2.45, 2.75) is 57.9 Å². The molecule has 0 saturated heterocycles. The second-order valence-corrected chi connectivity index (χ2v) is 4.11. The van der Waals surface area contributed by atoms with Crippen LogP contribution >= 0.6 is 0 Å². The molecule has 0 aliphatic heterocycles. The first-order valence-electron chi connectivity index (χ1n) is 6.30. The summed E-state index contributed by atoms with van der Waals surface area (Å²) in [5.41, 5.74) is 0. The minimum Gasteiger partial charge on any atom is -0.313 e. The lowest BCUT2D eigenvalue weighted by Crippen LogP contribution is -2.28. The lowest BCUT2D eigenvalue weighted by Gasteiger charge is -2.14. The van der Waals surface area contributed by atoms with Gasteiger partial charge >= 0.3 is 0 Å². The van der Waals surface area contributed by atoms with E-state index in [1.54, 1.807) is 0 Å². The Hall–Kier alpha value is -0.560. The summed E-state index contributed by atoms with van der Waals surface area (Å²) in [5.74, 6) is 0. The van der Waals surface area contributed by atoms with Gasteiger partial charge in [0.2, 0.25) is 0 Å². The number of unbranched alkanes of at least 4 members (excludes halogenated alkanes) is 4. The van der Waals surface area contributed by atoms with Crippen molar-refractivity contribution in [3.63, 3.8) is 0 Å². The van der Waals surface area contributed by atoms with Crippen LogP contribution in [0.15, 0.2) is 25.3 Å². The van der Waals surface area contributed by atoms with Gasteiger partial charge in [0, 0.05) is 6.04 Å². The van der Waals surface area contributed by atoms with Crippen molar-refractivity contribution < 1.29 is 0 Å². The van der Waals surface area contributed by atoms with Crippen molar-refractivity contribution >= 4 is 0 Å². The lowest BCUT2D eigenvalue weighted by atomic mass is 10.1. The van der Waals surface area contributed by atoms with E-state index < -0.39 is 0 Å². The summed E-state index contributed by atoms with van der Waals surface area (Å²) in [6.45, 7) is 10.9. The molecule has 0 aromatic rings. The first-order valence-corrected chi connectivity index (χ1v) is 6.30. The van der Waals surface area contributed by atoms with Crippen LogP contribution in [0.4, 0.5) is 0 Å². The van der Waals surface area contributed by atoms with Gasteiger partial charge in [-0.2, -0.15) is 0 Å². The molecule has 1 N–H and O–H groups in total. The molecule has 0 fully saturated rings. The molecule has 0 rings (SSSR count). The highest BCUT2D eigenvalue weighted by molar-refractivity contribution is 4.83. The Morgan fingerprint density at radius 2 is 1.60 bits per heavy atom. The predicted molar refractivity (Wildman–Crippen MR) is 70.2 cm³/mol. The van der Waals surface area contributed by atoms with Crippen LogP contribution in [-0.2, 0) is 0 Å². The van der Waals surface area contributed by atoms with Gasteiger partial charge in [0.25, 0.3) is 0 Å².